The smallest absolute Gasteiger partial charge is 0.335 e. The SMILES string of the molecule is CC(C)c1cc(-c2ccc(C(=O)O)cc2)c(O)c2c1C[C@H]1C[C@H]3CC(=O)C(C(N)=O)C(=O)[C@@]3(O)C(=O)C1C2=O. The zero-order valence-electron chi connectivity index (χ0n) is 21.3. The summed E-state index contributed by atoms with van der Waals surface area (Å²) in [5.41, 5.74) is 4.52. The lowest BCUT2D eigenvalue weighted by atomic mass is 9.53. The lowest BCUT2D eigenvalue weighted by molar-refractivity contribution is -0.175. The third-order valence-electron chi connectivity index (χ3n) is 8.50. The summed E-state index contributed by atoms with van der Waals surface area (Å²) in [4.78, 5) is 76.4. The van der Waals surface area contributed by atoms with Crippen LogP contribution in [0.1, 0.15) is 64.4 Å². The molecule has 10 heteroatoms. The Hall–Kier alpha value is -4.18. The van der Waals surface area contributed by atoms with E-state index in [0.29, 0.717) is 11.1 Å². The topological polar surface area (TPSA) is 189 Å². The first-order chi connectivity index (χ1) is 18.3. The Morgan fingerprint density at radius 2 is 1.67 bits per heavy atom. The van der Waals surface area contributed by atoms with Gasteiger partial charge >= 0.3 is 5.97 Å². The lowest BCUT2D eigenvalue weighted by Crippen LogP contribution is -2.68. The number of carbonyl (C=O) groups is 6. The predicted molar refractivity (Wildman–Crippen MR) is 135 cm³/mol. The monoisotopic (exact) mass is 533 g/mol. The Balaban J connectivity index is 1.64. The minimum Gasteiger partial charge on any atom is -0.507 e. The van der Waals surface area contributed by atoms with E-state index in [0.717, 1.165) is 5.56 Å². The van der Waals surface area contributed by atoms with Crippen molar-refractivity contribution in [1.82, 2.24) is 0 Å². The second-order valence-electron chi connectivity index (χ2n) is 11.0. The van der Waals surface area contributed by atoms with Crippen LogP contribution in [0.4, 0.5) is 0 Å². The molecule has 5 atom stereocenters. The molecule has 0 heterocycles. The van der Waals surface area contributed by atoms with Gasteiger partial charge in [-0.15, -0.1) is 0 Å². The fourth-order valence-electron chi connectivity index (χ4n) is 6.59. The van der Waals surface area contributed by atoms with Crippen LogP contribution in [0.2, 0.25) is 0 Å². The summed E-state index contributed by atoms with van der Waals surface area (Å²) < 4.78 is 0. The molecule has 3 aliphatic carbocycles. The van der Waals surface area contributed by atoms with Crippen molar-refractivity contribution in [1.29, 1.82) is 0 Å². The Labute approximate surface area is 222 Å². The highest BCUT2D eigenvalue weighted by atomic mass is 16.4. The molecular weight excluding hydrogens is 506 g/mol. The first-order valence-electron chi connectivity index (χ1n) is 12.7. The van der Waals surface area contributed by atoms with E-state index in [4.69, 9.17) is 5.73 Å². The summed E-state index contributed by atoms with van der Waals surface area (Å²) in [6.45, 7) is 3.82. The van der Waals surface area contributed by atoms with Crippen LogP contribution in [0.15, 0.2) is 30.3 Å². The molecule has 2 aromatic rings. The molecule has 202 valence electrons. The quantitative estimate of drug-likeness (QED) is 0.425. The molecule has 39 heavy (non-hydrogen) atoms. The number of amides is 1. The van der Waals surface area contributed by atoms with Crippen LogP contribution < -0.4 is 5.73 Å². The molecule has 0 aromatic heterocycles. The van der Waals surface area contributed by atoms with Crippen molar-refractivity contribution in [2.75, 3.05) is 0 Å². The molecule has 0 bridgehead atoms. The van der Waals surface area contributed by atoms with Crippen molar-refractivity contribution in [3.8, 4) is 16.9 Å². The third-order valence-corrected chi connectivity index (χ3v) is 8.50. The summed E-state index contributed by atoms with van der Waals surface area (Å²) in [5, 5.41) is 31.9. The summed E-state index contributed by atoms with van der Waals surface area (Å²) in [5.74, 6) is -11.9. The summed E-state index contributed by atoms with van der Waals surface area (Å²) in [6.07, 6.45) is -0.165. The lowest BCUT2D eigenvalue weighted by Gasteiger charge is -2.48. The molecule has 0 radical (unpaired) electrons. The number of aliphatic hydroxyl groups is 1. The number of carboxylic acids is 1. The molecule has 2 fully saturated rings. The van der Waals surface area contributed by atoms with Crippen LogP contribution >= 0.6 is 0 Å². The van der Waals surface area contributed by atoms with Crippen LogP contribution in [0.25, 0.3) is 11.1 Å². The normalized spacial score (nSPS) is 28.1. The van der Waals surface area contributed by atoms with Gasteiger partial charge in [-0.2, -0.15) is 0 Å². The molecule has 3 aliphatic rings. The second-order valence-corrected chi connectivity index (χ2v) is 11.0. The molecule has 0 aliphatic heterocycles. The van der Waals surface area contributed by atoms with Crippen molar-refractivity contribution in [3.63, 3.8) is 0 Å². The molecule has 2 saturated carbocycles. The van der Waals surface area contributed by atoms with E-state index < -0.39 is 64.3 Å². The number of phenolic OH excluding ortho intramolecular Hbond substituents is 1. The maximum atomic E-state index is 13.9. The number of aromatic carboxylic acids is 1. The van der Waals surface area contributed by atoms with Crippen molar-refractivity contribution < 1.29 is 44.1 Å². The molecule has 2 unspecified atom stereocenters. The number of fused-ring (bicyclic) bond motifs is 3. The fourth-order valence-corrected chi connectivity index (χ4v) is 6.59. The van der Waals surface area contributed by atoms with E-state index >= 15 is 0 Å². The molecule has 0 spiro atoms. The molecule has 10 nitrogen and oxygen atoms in total. The van der Waals surface area contributed by atoms with Gasteiger partial charge in [-0.3, -0.25) is 24.0 Å². The van der Waals surface area contributed by atoms with Crippen LogP contribution in [-0.2, 0) is 25.6 Å². The summed E-state index contributed by atoms with van der Waals surface area (Å²) in [6, 6.07) is 7.50. The zero-order valence-corrected chi connectivity index (χ0v) is 21.3. The number of hydrogen-bond donors (Lipinski definition) is 4. The minimum absolute atomic E-state index is 0.0255. The van der Waals surface area contributed by atoms with E-state index in [2.05, 4.69) is 0 Å². The number of nitrogens with two attached hydrogens (primary N) is 1. The molecule has 5 N–H and O–H groups in total. The number of benzene rings is 2. The van der Waals surface area contributed by atoms with Crippen LogP contribution in [0.3, 0.4) is 0 Å². The first-order valence-corrected chi connectivity index (χ1v) is 12.7. The van der Waals surface area contributed by atoms with Crippen molar-refractivity contribution in [2.24, 2.45) is 29.4 Å². The zero-order chi connectivity index (χ0) is 28.5. The van der Waals surface area contributed by atoms with Crippen molar-refractivity contribution in [3.05, 3.63) is 52.6 Å². The van der Waals surface area contributed by atoms with Gasteiger partial charge in [-0.25, -0.2) is 4.79 Å². The van der Waals surface area contributed by atoms with E-state index in [-0.39, 0.29) is 47.6 Å². The van der Waals surface area contributed by atoms with Gasteiger partial charge in [-0.1, -0.05) is 26.0 Å². The van der Waals surface area contributed by atoms with Crippen LogP contribution in [0.5, 0.6) is 5.75 Å². The molecule has 0 saturated heterocycles. The molecule has 2 aromatic carbocycles. The average Bonchev–Trinajstić information content (AvgIpc) is 2.86. The standard InChI is InChI=1S/C29H27NO9/c1-11(2)16-10-17(12-3-5-13(6-4-12)28(37)38)23(32)21-18(16)8-14-7-15-9-19(31)22(27(30)36)26(35)29(15,39)25(34)20(14)24(21)33/h3-6,10-11,14-15,20,22,32,39H,7-9H2,1-2H3,(H2,30,36)(H,37,38)/t14-,15+,20?,22?,29+/m1/s1. The molecule has 5 rings (SSSR count). The number of carboxylic acid groups (broad SMARTS) is 1. The Kier molecular flexibility index (Phi) is 6.06. The van der Waals surface area contributed by atoms with E-state index in [1.165, 1.54) is 24.3 Å². The van der Waals surface area contributed by atoms with Gasteiger partial charge < -0.3 is 21.1 Å². The summed E-state index contributed by atoms with van der Waals surface area (Å²) in [7, 11) is 0. The largest absolute Gasteiger partial charge is 0.507 e. The van der Waals surface area contributed by atoms with Crippen LogP contribution in [-0.4, -0.2) is 55.9 Å². The van der Waals surface area contributed by atoms with Gasteiger partial charge in [0, 0.05) is 17.9 Å². The number of rotatable bonds is 4. The molecular formula is C29H27NO9. The number of Topliss-reactive ketones (excluding diaryl/α,β-unsaturated/α-hetero) is 4. The number of aromatic hydroxyl groups is 1. The second kappa shape index (κ2) is 8.94. The first kappa shape index (κ1) is 26.4. The Morgan fingerprint density at radius 3 is 2.23 bits per heavy atom. The highest BCUT2D eigenvalue weighted by Gasteiger charge is 2.66. The number of primary amides is 1. The maximum Gasteiger partial charge on any atom is 0.335 e. The highest BCUT2D eigenvalue weighted by molar-refractivity contribution is 6.31. The molecule has 1 amide bonds. The van der Waals surface area contributed by atoms with Crippen molar-refractivity contribution >= 4 is 35.0 Å². The van der Waals surface area contributed by atoms with Gasteiger partial charge in [0.25, 0.3) is 0 Å². The maximum absolute atomic E-state index is 13.9. The van der Waals surface area contributed by atoms with Gasteiger partial charge in [0.1, 0.15) is 5.75 Å². The van der Waals surface area contributed by atoms with Crippen molar-refractivity contribution in [2.45, 2.75) is 44.6 Å². The Morgan fingerprint density at radius 1 is 1.03 bits per heavy atom. The van der Waals surface area contributed by atoms with E-state index in [1.54, 1.807) is 6.07 Å². The predicted octanol–water partition coefficient (Wildman–Crippen LogP) is 1.82. The van der Waals surface area contributed by atoms with Gasteiger partial charge in [0.05, 0.1) is 17.0 Å². The number of phenols is 1. The number of hydrogen-bond acceptors (Lipinski definition) is 8. The van der Waals surface area contributed by atoms with Gasteiger partial charge in [0.15, 0.2) is 34.7 Å². The van der Waals surface area contributed by atoms with Gasteiger partial charge in [0.2, 0.25) is 5.91 Å². The third kappa shape index (κ3) is 3.73. The highest BCUT2D eigenvalue weighted by Crippen LogP contribution is 2.52. The van der Waals surface area contributed by atoms with Gasteiger partial charge in [-0.05, 0) is 59.6 Å². The summed E-state index contributed by atoms with van der Waals surface area (Å²) >= 11 is 0. The fraction of sp³-hybridized carbons (Fsp3) is 0.379. The van der Waals surface area contributed by atoms with E-state index in [1.807, 2.05) is 13.8 Å². The van der Waals surface area contributed by atoms with E-state index in [9.17, 15) is 44.1 Å². The average molecular weight is 534 g/mol. The van der Waals surface area contributed by atoms with Crippen LogP contribution in [0, 0.1) is 23.7 Å². The number of carbonyl (C=O) groups excluding carboxylic acids is 5. The Bertz CT molecular complexity index is 1490. The number of ketones is 4. The minimum atomic E-state index is -2.71.